The van der Waals surface area contributed by atoms with E-state index >= 15 is 0 Å². The molecule has 0 fully saturated rings. The molecular weight excluding hydrogens is 258 g/mol. The highest BCUT2D eigenvalue weighted by Gasteiger charge is 2.08. The van der Waals surface area contributed by atoms with Gasteiger partial charge < -0.3 is 10.4 Å². The van der Waals surface area contributed by atoms with Crippen LogP contribution >= 0.6 is 11.3 Å². The van der Waals surface area contributed by atoms with E-state index in [2.05, 4.69) is 24.4 Å². The second-order valence-corrected chi connectivity index (χ2v) is 6.73. The van der Waals surface area contributed by atoms with E-state index < -0.39 is 0 Å². The van der Waals surface area contributed by atoms with E-state index in [9.17, 15) is 9.90 Å². The second-order valence-electron chi connectivity index (χ2n) is 5.36. The van der Waals surface area contributed by atoms with Crippen molar-refractivity contribution < 1.29 is 9.90 Å². The molecule has 0 saturated carbocycles. The fourth-order valence-electron chi connectivity index (χ4n) is 2.08. The van der Waals surface area contributed by atoms with Crippen LogP contribution in [0.5, 0.6) is 0 Å². The Morgan fingerprint density at radius 2 is 2.16 bits per heavy atom. The number of hydrogen-bond donors (Lipinski definition) is 2. The highest BCUT2D eigenvalue weighted by atomic mass is 32.1. The van der Waals surface area contributed by atoms with Crippen molar-refractivity contribution in [1.82, 2.24) is 5.32 Å². The zero-order valence-corrected chi connectivity index (χ0v) is 12.9. The first-order valence-electron chi connectivity index (χ1n) is 6.97. The van der Waals surface area contributed by atoms with E-state index in [0.29, 0.717) is 18.9 Å². The molecule has 0 spiro atoms. The molecule has 0 aliphatic rings. The van der Waals surface area contributed by atoms with Crippen LogP contribution in [0, 0.1) is 12.8 Å². The average molecular weight is 283 g/mol. The van der Waals surface area contributed by atoms with Crippen LogP contribution in [0.25, 0.3) is 0 Å². The van der Waals surface area contributed by atoms with Crippen molar-refractivity contribution >= 4 is 17.2 Å². The molecule has 0 saturated heterocycles. The van der Waals surface area contributed by atoms with Gasteiger partial charge in [0.1, 0.15) is 0 Å². The molecule has 2 N–H and O–H groups in total. The normalized spacial score (nSPS) is 14.1. The summed E-state index contributed by atoms with van der Waals surface area (Å²) in [5.74, 6) is 0.439. The Hall–Kier alpha value is -0.870. The fraction of sp³-hybridized carbons (Fsp3) is 0.667. The Balaban J connectivity index is 2.11. The van der Waals surface area contributed by atoms with Gasteiger partial charge in [-0.3, -0.25) is 4.79 Å². The molecule has 0 aromatic carbocycles. The Morgan fingerprint density at radius 3 is 2.74 bits per heavy atom. The predicted octanol–water partition coefficient (Wildman–Crippen LogP) is 2.90. The van der Waals surface area contributed by atoms with E-state index in [-0.39, 0.29) is 12.0 Å². The molecule has 2 atom stereocenters. The monoisotopic (exact) mass is 283 g/mol. The van der Waals surface area contributed by atoms with E-state index in [0.717, 1.165) is 19.3 Å². The maximum absolute atomic E-state index is 11.7. The van der Waals surface area contributed by atoms with Crippen molar-refractivity contribution in [3.8, 4) is 0 Å². The van der Waals surface area contributed by atoms with Crippen LogP contribution < -0.4 is 5.32 Å². The van der Waals surface area contributed by atoms with Gasteiger partial charge >= 0.3 is 0 Å². The predicted molar refractivity (Wildman–Crippen MR) is 80.5 cm³/mol. The average Bonchev–Trinajstić information content (AvgIpc) is 2.71. The van der Waals surface area contributed by atoms with Gasteiger partial charge in [0.25, 0.3) is 0 Å². The molecule has 0 bridgehead atoms. The third-order valence-electron chi connectivity index (χ3n) is 3.01. The first-order valence-corrected chi connectivity index (χ1v) is 7.79. The molecule has 4 heteroatoms. The van der Waals surface area contributed by atoms with Gasteiger partial charge in [0, 0.05) is 22.7 Å². The Bertz CT molecular complexity index is 387. The van der Waals surface area contributed by atoms with Crippen LogP contribution in [-0.4, -0.2) is 23.7 Å². The summed E-state index contributed by atoms with van der Waals surface area (Å²) in [4.78, 5) is 14.3. The van der Waals surface area contributed by atoms with Crippen LogP contribution in [0.1, 0.15) is 42.9 Å². The number of aryl methyl sites for hydroxylation is 2. The van der Waals surface area contributed by atoms with E-state index in [4.69, 9.17) is 0 Å². The van der Waals surface area contributed by atoms with Gasteiger partial charge in [-0.05, 0) is 51.2 Å². The van der Waals surface area contributed by atoms with Crippen molar-refractivity contribution in [3.63, 3.8) is 0 Å². The molecule has 1 amide bonds. The topological polar surface area (TPSA) is 49.3 Å². The number of thiophene rings is 1. The van der Waals surface area contributed by atoms with Crippen molar-refractivity contribution in [1.29, 1.82) is 0 Å². The minimum absolute atomic E-state index is 0.116. The van der Waals surface area contributed by atoms with Crippen LogP contribution in [-0.2, 0) is 11.2 Å². The van der Waals surface area contributed by atoms with Gasteiger partial charge in [-0.25, -0.2) is 0 Å². The molecule has 108 valence electrons. The summed E-state index contributed by atoms with van der Waals surface area (Å²) >= 11 is 1.80. The lowest BCUT2D eigenvalue weighted by molar-refractivity contribution is -0.121. The molecule has 2 unspecified atom stereocenters. The lowest BCUT2D eigenvalue weighted by Gasteiger charge is -2.14. The first-order chi connectivity index (χ1) is 8.97. The van der Waals surface area contributed by atoms with Gasteiger partial charge in [-0.2, -0.15) is 0 Å². The zero-order valence-electron chi connectivity index (χ0n) is 12.1. The molecule has 1 aromatic heterocycles. The third-order valence-corrected chi connectivity index (χ3v) is 4.07. The number of aliphatic hydroxyl groups excluding tert-OH is 1. The smallest absolute Gasteiger partial charge is 0.220 e. The van der Waals surface area contributed by atoms with E-state index in [1.54, 1.807) is 18.3 Å². The number of amides is 1. The van der Waals surface area contributed by atoms with Gasteiger partial charge in [0.2, 0.25) is 5.91 Å². The molecular formula is C15H25NO2S. The molecule has 0 aliphatic heterocycles. The van der Waals surface area contributed by atoms with Gasteiger partial charge in [0.05, 0.1) is 6.10 Å². The van der Waals surface area contributed by atoms with E-state index in [1.165, 1.54) is 9.75 Å². The lowest BCUT2D eigenvalue weighted by atomic mass is 10.0. The third kappa shape index (κ3) is 7.33. The first kappa shape index (κ1) is 16.2. The maximum atomic E-state index is 11.7. The Morgan fingerprint density at radius 1 is 1.42 bits per heavy atom. The van der Waals surface area contributed by atoms with Crippen LogP contribution in [0.3, 0.4) is 0 Å². The second kappa shape index (κ2) is 8.33. The maximum Gasteiger partial charge on any atom is 0.220 e. The largest absolute Gasteiger partial charge is 0.393 e. The van der Waals surface area contributed by atoms with Crippen molar-refractivity contribution in [2.45, 2.75) is 52.6 Å². The Kier molecular flexibility index (Phi) is 7.10. The molecule has 1 aromatic rings. The van der Waals surface area contributed by atoms with E-state index in [1.807, 2.05) is 6.92 Å². The summed E-state index contributed by atoms with van der Waals surface area (Å²) in [6, 6.07) is 4.26. The molecule has 0 radical (unpaired) electrons. The minimum Gasteiger partial charge on any atom is -0.393 e. The fourth-order valence-corrected chi connectivity index (χ4v) is 3.02. The van der Waals surface area contributed by atoms with Crippen LogP contribution in [0.4, 0.5) is 0 Å². The summed E-state index contributed by atoms with van der Waals surface area (Å²) in [6.07, 6.45) is 2.90. The number of hydrogen-bond acceptors (Lipinski definition) is 3. The summed E-state index contributed by atoms with van der Waals surface area (Å²) in [5.41, 5.74) is 0. The summed E-state index contributed by atoms with van der Waals surface area (Å²) < 4.78 is 0. The molecule has 1 rings (SSSR count). The number of carbonyl (C=O) groups is 1. The number of carbonyl (C=O) groups excluding carboxylic acids is 1. The molecule has 1 heterocycles. The molecule has 19 heavy (non-hydrogen) atoms. The zero-order chi connectivity index (χ0) is 14.3. The van der Waals surface area contributed by atoms with Crippen LogP contribution in [0.15, 0.2) is 12.1 Å². The summed E-state index contributed by atoms with van der Waals surface area (Å²) in [5, 5.41) is 12.2. The van der Waals surface area contributed by atoms with Crippen LogP contribution in [0.2, 0.25) is 0 Å². The quantitative estimate of drug-likeness (QED) is 0.770. The lowest BCUT2D eigenvalue weighted by Crippen LogP contribution is -2.29. The van der Waals surface area contributed by atoms with Crippen molar-refractivity contribution in [2.24, 2.45) is 5.92 Å². The summed E-state index contributed by atoms with van der Waals surface area (Å²) in [6.45, 7) is 6.58. The van der Waals surface area contributed by atoms with Crippen molar-refractivity contribution in [2.75, 3.05) is 6.54 Å². The highest BCUT2D eigenvalue weighted by molar-refractivity contribution is 7.11. The highest BCUT2D eigenvalue weighted by Crippen LogP contribution is 2.17. The number of aliphatic hydroxyl groups is 1. The summed E-state index contributed by atoms with van der Waals surface area (Å²) in [7, 11) is 0. The number of rotatable bonds is 8. The van der Waals surface area contributed by atoms with Gasteiger partial charge in [0.15, 0.2) is 0 Å². The minimum atomic E-state index is -0.297. The standard InChI is InChI=1S/C15H25NO2S/c1-11(9-12(2)17)10-16-15(18)6-4-5-14-8-7-13(3)19-14/h7-8,11-12,17H,4-6,9-10H2,1-3H3,(H,16,18). The number of nitrogens with one attached hydrogen (secondary N) is 1. The van der Waals surface area contributed by atoms with Gasteiger partial charge in [-0.1, -0.05) is 6.92 Å². The van der Waals surface area contributed by atoms with Gasteiger partial charge in [-0.15, -0.1) is 11.3 Å². The molecule has 0 aliphatic carbocycles. The molecule has 3 nitrogen and oxygen atoms in total. The Labute approximate surface area is 120 Å². The SMILES string of the molecule is Cc1ccc(CCCC(=O)NCC(C)CC(C)O)s1. The van der Waals surface area contributed by atoms with Crippen molar-refractivity contribution in [3.05, 3.63) is 21.9 Å².